The molecule has 0 aromatic heterocycles. The molecule has 0 unspecified atom stereocenters. The van der Waals surface area contributed by atoms with Crippen molar-refractivity contribution in [1.82, 2.24) is 0 Å². The first-order valence-electron chi connectivity index (χ1n) is 8.77. The van der Waals surface area contributed by atoms with E-state index in [1.807, 2.05) is 0 Å². The van der Waals surface area contributed by atoms with Crippen LogP contribution in [0.5, 0.6) is 0 Å². The summed E-state index contributed by atoms with van der Waals surface area (Å²) >= 11 is 0. The molecular formula is C25H18. The average Bonchev–Trinajstić information content (AvgIpc) is 2.67. The van der Waals surface area contributed by atoms with Crippen LogP contribution in [0.3, 0.4) is 0 Å². The third-order valence-electron chi connectivity index (χ3n) is 5.04. The highest BCUT2D eigenvalue weighted by Crippen LogP contribution is 2.36. The van der Waals surface area contributed by atoms with Gasteiger partial charge in [0, 0.05) is 0 Å². The van der Waals surface area contributed by atoms with E-state index in [0.717, 1.165) is 6.42 Å². The minimum Gasteiger partial charge on any atom is -0.0795 e. The van der Waals surface area contributed by atoms with Gasteiger partial charge in [-0.3, -0.25) is 0 Å². The van der Waals surface area contributed by atoms with Gasteiger partial charge in [-0.25, -0.2) is 0 Å². The Balaban J connectivity index is 1.68. The molecule has 0 atom stereocenters. The third kappa shape index (κ3) is 2.38. The molecular weight excluding hydrogens is 300 g/mol. The molecule has 5 aromatic rings. The molecule has 0 aliphatic rings. The van der Waals surface area contributed by atoms with Crippen molar-refractivity contribution in [3.63, 3.8) is 0 Å². The quantitative estimate of drug-likeness (QED) is 0.319. The normalized spacial score (nSPS) is 12.0. The molecule has 0 saturated heterocycles. The first-order valence-corrected chi connectivity index (χ1v) is 8.77. The maximum absolute atomic E-state index is 2.36. The fraction of sp³-hybridized carbons (Fsp3) is 0.0400. The Bertz CT molecular complexity index is 1200. The highest BCUT2D eigenvalue weighted by atomic mass is 14.1. The molecule has 0 saturated carbocycles. The number of rotatable bonds is 3. The van der Waals surface area contributed by atoms with E-state index in [9.17, 15) is 0 Å². The smallest absolute Gasteiger partial charge is 0.00239 e. The van der Waals surface area contributed by atoms with Gasteiger partial charge in [-0.15, -0.1) is 0 Å². The highest BCUT2D eigenvalue weighted by Gasteiger charge is 2.10. The Kier molecular flexibility index (Phi) is 3.28. The lowest BCUT2D eigenvalue weighted by molar-refractivity contribution is 1.32. The summed E-state index contributed by atoms with van der Waals surface area (Å²) < 4.78 is 0. The molecule has 0 amide bonds. The molecule has 25 heavy (non-hydrogen) atoms. The topological polar surface area (TPSA) is 0 Å². The first-order chi connectivity index (χ1) is 12.4. The lowest BCUT2D eigenvalue weighted by Crippen LogP contribution is -1.89. The van der Waals surface area contributed by atoms with Gasteiger partial charge in [0.15, 0.2) is 0 Å². The van der Waals surface area contributed by atoms with Gasteiger partial charge in [-0.1, -0.05) is 97.1 Å². The molecule has 0 aliphatic heterocycles. The van der Waals surface area contributed by atoms with Gasteiger partial charge < -0.3 is 0 Å². The van der Waals surface area contributed by atoms with E-state index in [-0.39, 0.29) is 0 Å². The molecule has 5 rings (SSSR count). The zero-order valence-electron chi connectivity index (χ0n) is 13.9. The maximum Gasteiger partial charge on any atom is -0.00239 e. The van der Waals surface area contributed by atoms with Crippen LogP contribution in [0.1, 0.15) is 11.1 Å². The van der Waals surface area contributed by atoms with Crippen LogP contribution in [0.25, 0.3) is 38.4 Å². The maximum atomic E-state index is 2.36. The van der Waals surface area contributed by atoms with Gasteiger partial charge in [0.25, 0.3) is 0 Å². The third-order valence-corrected chi connectivity index (χ3v) is 5.04. The Hall–Kier alpha value is -3.12. The summed E-state index contributed by atoms with van der Waals surface area (Å²) in [6.07, 6.45) is 5.43. The minimum absolute atomic E-state index is 0.943. The highest BCUT2D eigenvalue weighted by molar-refractivity contribution is 6.23. The largest absolute Gasteiger partial charge is 0.0795 e. The molecule has 0 fully saturated rings. The first kappa shape index (κ1) is 14.2. The van der Waals surface area contributed by atoms with Crippen LogP contribution < -0.4 is 0 Å². The van der Waals surface area contributed by atoms with Crippen molar-refractivity contribution in [3.8, 4) is 0 Å². The number of allylic oxidation sites excluding steroid dienone is 1. The molecule has 0 N–H and O–H groups in total. The van der Waals surface area contributed by atoms with Crippen LogP contribution in [0.4, 0.5) is 0 Å². The predicted octanol–water partition coefficient (Wildman–Crippen LogP) is 6.84. The van der Waals surface area contributed by atoms with Crippen LogP contribution in [0.2, 0.25) is 0 Å². The predicted molar refractivity (Wildman–Crippen MR) is 109 cm³/mol. The standard InChI is InChI=1S/C25H18/c1-2-7-18(8-3-1)9-4-12-21-17-22-13-5-10-19-15-16-20-11-6-14-23(21)25(20)24(19)22/h1-11,13-17H,12H2. The van der Waals surface area contributed by atoms with Gasteiger partial charge in [0.2, 0.25) is 0 Å². The number of hydrogen-bond donors (Lipinski definition) is 0. The van der Waals surface area contributed by atoms with Crippen molar-refractivity contribution in [2.75, 3.05) is 0 Å². The Morgan fingerprint density at radius 1 is 0.600 bits per heavy atom. The zero-order chi connectivity index (χ0) is 16.6. The second kappa shape index (κ2) is 5.75. The van der Waals surface area contributed by atoms with Crippen LogP contribution in [-0.2, 0) is 6.42 Å². The van der Waals surface area contributed by atoms with Crippen molar-refractivity contribution in [2.24, 2.45) is 0 Å². The van der Waals surface area contributed by atoms with E-state index in [1.54, 1.807) is 0 Å². The molecule has 5 aromatic carbocycles. The van der Waals surface area contributed by atoms with E-state index < -0.39 is 0 Å². The van der Waals surface area contributed by atoms with E-state index in [4.69, 9.17) is 0 Å². The summed E-state index contributed by atoms with van der Waals surface area (Å²) in [6, 6.07) is 30.6. The van der Waals surface area contributed by atoms with Crippen molar-refractivity contribution in [3.05, 3.63) is 102 Å². The molecule has 0 spiro atoms. The fourth-order valence-electron chi connectivity index (χ4n) is 3.89. The fourth-order valence-corrected chi connectivity index (χ4v) is 3.89. The van der Waals surface area contributed by atoms with Gasteiger partial charge in [0.05, 0.1) is 0 Å². The van der Waals surface area contributed by atoms with Crippen LogP contribution in [0.15, 0.2) is 91.0 Å². The lowest BCUT2D eigenvalue weighted by atomic mass is 9.90. The number of benzene rings is 5. The van der Waals surface area contributed by atoms with E-state index in [2.05, 4.69) is 97.1 Å². The molecule has 0 bridgehead atoms. The second-order valence-electron chi connectivity index (χ2n) is 6.60. The minimum atomic E-state index is 0.943. The van der Waals surface area contributed by atoms with Crippen LogP contribution >= 0.6 is 0 Å². The monoisotopic (exact) mass is 318 g/mol. The molecule has 118 valence electrons. The SMILES string of the molecule is C(=Cc1ccccc1)Cc1cc2cccc3ccc4cccc1c4c32. The van der Waals surface area contributed by atoms with Crippen molar-refractivity contribution in [1.29, 1.82) is 0 Å². The van der Waals surface area contributed by atoms with Crippen LogP contribution in [0, 0.1) is 0 Å². The van der Waals surface area contributed by atoms with Gasteiger partial charge in [-0.05, 0) is 49.9 Å². The lowest BCUT2D eigenvalue weighted by Gasteiger charge is -2.13. The van der Waals surface area contributed by atoms with Gasteiger partial charge in [-0.2, -0.15) is 0 Å². The summed E-state index contributed by atoms with van der Waals surface area (Å²) in [7, 11) is 0. The van der Waals surface area contributed by atoms with Crippen molar-refractivity contribution < 1.29 is 0 Å². The van der Waals surface area contributed by atoms with E-state index >= 15 is 0 Å². The molecule has 0 nitrogen and oxygen atoms in total. The molecule has 0 radical (unpaired) electrons. The zero-order valence-corrected chi connectivity index (χ0v) is 13.9. The Morgan fingerprint density at radius 3 is 2.16 bits per heavy atom. The summed E-state index contributed by atoms with van der Waals surface area (Å²) in [5.74, 6) is 0. The van der Waals surface area contributed by atoms with Crippen molar-refractivity contribution in [2.45, 2.75) is 6.42 Å². The van der Waals surface area contributed by atoms with Crippen molar-refractivity contribution >= 4 is 38.4 Å². The molecule has 0 aliphatic carbocycles. The molecule has 0 heterocycles. The summed E-state index contributed by atoms with van der Waals surface area (Å²) in [4.78, 5) is 0. The number of hydrogen-bond acceptors (Lipinski definition) is 0. The Morgan fingerprint density at radius 2 is 1.32 bits per heavy atom. The second-order valence-corrected chi connectivity index (χ2v) is 6.60. The van der Waals surface area contributed by atoms with Gasteiger partial charge in [0.1, 0.15) is 0 Å². The Labute approximate surface area is 147 Å². The van der Waals surface area contributed by atoms with Gasteiger partial charge >= 0.3 is 0 Å². The summed E-state index contributed by atoms with van der Waals surface area (Å²) in [5, 5.41) is 8.17. The average molecular weight is 318 g/mol. The summed E-state index contributed by atoms with van der Waals surface area (Å²) in [6.45, 7) is 0. The van der Waals surface area contributed by atoms with Crippen LogP contribution in [-0.4, -0.2) is 0 Å². The van der Waals surface area contributed by atoms with E-state index in [1.165, 1.54) is 43.4 Å². The molecule has 0 heteroatoms. The summed E-state index contributed by atoms with van der Waals surface area (Å²) in [5.41, 5.74) is 2.64. The van der Waals surface area contributed by atoms with E-state index in [0.29, 0.717) is 0 Å².